The van der Waals surface area contributed by atoms with E-state index in [0.717, 1.165) is 26.2 Å². The highest BCUT2D eigenvalue weighted by molar-refractivity contribution is 5.16. The van der Waals surface area contributed by atoms with Gasteiger partial charge in [-0.15, -0.1) is 0 Å². The first kappa shape index (κ1) is 12.5. The van der Waals surface area contributed by atoms with E-state index < -0.39 is 0 Å². The number of benzene rings is 1. The van der Waals surface area contributed by atoms with Gasteiger partial charge in [0.2, 0.25) is 0 Å². The van der Waals surface area contributed by atoms with Crippen molar-refractivity contribution in [1.29, 1.82) is 0 Å². The van der Waals surface area contributed by atoms with E-state index >= 15 is 0 Å². The summed E-state index contributed by atoms with van der Waals surface area (Å²) in [4.78, 5) is 2.25. The molecule has 1 heterocycles. The molecule has 1 saturated heterocycles. The number of hydrogen-bond acceptors (Lipinski definition) is 3. The van der Waals surface area contributed by atoms with Crippen molar-refractivity contribution in [2.45, 2.75) is 12.6 Å². The van der Waals surface area contributed by atoms with Crippen molar-refractivity contribution in [2.24, 2.45) is 0 Å². The maximum Gasteiger partial charge on any atom is 0.127 e. The van der Waals surface area contributed by atoms with E-state index in [9.17, 15) is 4.39 Å². The summed E-state index contributed by atoms with van der Waals surface area (Å²) >= 11 is 0. The molecule has 0 aliphatic carbocycles. The molecule has 1 aliphatic rings. The predicted molar refractivity (Wildman–Crippen MR) is 65.3 cm³/mol. The standard InChI is InChI=1S/C13H19FN2O/c1-16-6-7-17-12(10-16)9-15-8-11-4-2-3-5-13(11)14/h2-5,12,15H,6-10H2,1H3/t12-/m0/s1. The number of nitrogens with zero attached hydrogens (tertiary/aromatic N) is 1. The van der Waals surface area contributed by atoms with Crippen LogP contribution in [0.25, 0.3) is 0 Å². The largest absolute Gasteiger partial charge is 0.374 e. The Bertz CT molecular complexity index is 359. The van der Waals surface area contributed by atoms with Crippen LogP contribution >= 0.6 is 0 Å². The van der Waals surface area contributed by atoms with Crippen molar-refractivity contribution < 1.29 is 9.13 Å². The van der Waals surface area contributed by atoms with Gasteiger partial charge in [0.1, 0.15) is 5.82 Å². The third-order valence-corrected chi connectivity index (χ3v) is 2.99. The molecule has 0 unspecified atom stereocenters. The first-order chi connectivity index (χ1) is 8.25. The molecule has 0 radical (unpaired) electrons. The van der Waals surface area contributed by atoms with Crippen LogP contribution in [0.15, 0.2) is 24.3 Å². The van der Waals surface area contributed by atoms with Gasteiger partial charge in [-0.2, -0.15) is 0 Å². The lowest BCUT2D eigenvalue weighted by molar-refractivity contribution is -0.0182. The van der Waals surface area contributed by atoms with Gasteiger partial charge in [0.25, 0.3) is 0 Å². The summed E-state index contributed by atoms with van der Waals surface area (Å²) in [6, 6.07) is 6.85. The van der Waals surface area contributed by atoms with E-state index in [-0.39, 0.29) is 11.9 Å². The number of likely N-dealkylation sites (N-methyl/N-ethyl adjacent to an activating group) is 1. The smallest absolute Gasteiger partial charge is 0.127 e. The van der Waals surface area contributed by atoms with E-state index in [2.05, 4.69) is 17.3 Å². The molecule has 1 aromatic rings. The van der Waals surface area contributed by atoms with Crippen molar-refractivity contribution in [3.05, 3.63) is 35.6 Å². The van der Waals surface area contributed by atoms with Gasteiger partial charge in [-0.25, -0.2) is 4.39 Å². The van der Waals surface area contributed by atoms with Gasteiger partial charge in [0, 0.05) is 31.7 Å². The van der Waals surface area contributed by atoms with E-state index in [1.54, 1.807) is 12.1 Å². The zero-order valence-electron chi connectivity index (χ0n) is 10.2. The quantitative estimate of drug-likeness (QED) is 0.854. The Morgan fingerprint density at radius 2 is 2.29 bits per heavy atom. The van der Waals surface area contributed by atoms with Crippen LogP contribution < -0.4 is 5.32 Å². The second-order valence-electron chi connectivity index (χ2n) is 4.48. The molecule has 94 valence electrons. The molecular formula is C13H19FN2O. The summed E-state index contributed by atoms with van der Waals surface area (Å²) in [5.74, 6) is -0.151. The Morgan fingerprint density at radius 3 is 3.06 bits per heavy atom. The zero-order valence-corrected chi connectivity index (χ0v) is 10.2. The molecule has 1 aliphatic heterocycles. The Balaban J connectivity index is 1.74. The van der Waals surface area contributed by atoms with E-state index in [4.69, 9.17) is 4.74 Å². The number of ether oxygens (including phenoxy) is 1. The van der Waals surface area contributed by atoms with Crippen LogP contribution in [0.4, 0.5) is 4.39 Å². The molecule has 0 aromatic heterocycles. The molecule has 1 aromatic carbocycles. The molecule has 1 atom stereocenters. The van der Waals surface area contributed by atoms with E-state index in [1.807, 2.05) is 6.07 Å². The zero-order chi connectivity index (χ0) is 12.1. The molecular weight excluding hydrogens is 219 g/mol. The van der Waals surface area contributed by atoms with Gasteiger partial charge < -0.3 is 15.0 Å². The first-order valence-corrected chi connectivity index (χ1v) is 6.00. The lowest BCUT2D eigenvalue weighted by atomic mass is 10.2. The minimum Gasteiger partial charge on any atom is -0.374 e. The summed E-state index contributed by atoms with van der Waals surface area (Å²) in [6.45, 7) is 4.02. The summed E-state index contributed by atoms with van der Waals surface area (Å²) in [5.41, 5.74) is 0.705. The normalized spacial score (nSPS) is 21.6. The van der Waals surface area contributed by atoms with Crippen molar-refractivity contribution in [3.8, 4) is 0 Å². The molecule has 0 spiro atoms. The van der Waals surface area contributed by atoms with Crippen molar-refractivity contribution in [3.63, 3.8) is 0 Å². The molecule has 0 amide bonds. The lowest BCUT2D eigenvalue weighted by Gasteiger charge is -2.30. The topological polar surface area (TPSA) is 24.5 Å². The van der Waals surface area contributed by atoms with Gasteiger partial charge in [-0.05, 0) is 13.1 Å². The highest BCUT2D eigenvalue weighted by Gasteiger charge is 2.16. The maximum absolute atomic E-state index is 13.3. The fourth-order valence-electron chi connectivity index (χ4n) is 2.00. The minimum absolute atomic E-state index is 0.151. The molecule has 0 saturated carbocycles. The molecule has 2 rings (SSSR count). The summed E-state index contributed by atoms with van der Waals surface area (Å²) in [7, 11) is 2.09. The number of rotatable bonds is 4. The third-order valence-electron chi connectivity index (χ3n) is 2.99. The number of halogens is 1. The van der Waals surface area contributed by atoms with E-state index in [1.165, 1.54) is 6.07 Å². The second-order valence-corrected chi connectivity index (χ2v) is 4.48. The Labute approximate surface area is 102 Å². The third kappa shape index (κ3) is 3.77. The molecule has 0 bridgehead atoms. The van der Waals surface area contributed by atoms with Crippen LogP contribution in [0.2, 0.25) is 0 Å². The number of morpholine rings is 1. The highest BCUT2D eigenvalue weighted by Crippen LogP contribution is 2.06. The average molecular weight is 238 g/mol. The van der Waals surface area contributed by atoms with Crippen molar-refractivity contribution in [1.82, 2.24) is 10.2 Å². The second kappa shape index (κ2) is 6.10. The fraction of sp³-hybridized carbons (Fsp3) is 0.538. The van der Waals surface area contributed by atoms with Gasteiger partial charge >= 0.3 is 0 Å². The Hall–Kier alpha value is -0.970. The van der Waals surface area contributed by atoms with Crippen LogP contribution in [-0.2, 0) is 11.3 Å². The predicted octanol–water partition coefficient (Wildman–Crippen LogP) is 1.25. The van der Waals surface area contributed by atoms with Gasteiger partial charge in [0.05, 0.1) is 12.7 Å². The summed E-state index contributed by atoms with van der Waals surface area (Å²) in [6.07, 6.45) is 0.209. The first-order valence-electron chi connectivity index (χ1n) is 6.00. The SMILES string of the molecule is CN1CCO[C@@H](CNCc2ccccc2F)C1. The molecule has 17 heavy (non-hydrogen) atoms. The van der Waals surface area contributed by atoms with E-state index in [0.29, 0.717) is 12.1 Å². The van der Waals surface area contributed by atoms with Gasteiger partial charge in [0.15, 0.2) is 0 Å². The Morgan fingerprint density at radius 1 is 1.47 bits per heavy atom. The average Bonchev–Trinajstić information content (AvgIpc) is 2.32. The van der Waals surface area contributed by atoms with Gasteiger partial charge in [-0.1, -0.05) is 18.2 Å². The number of hydrogen-bond donors (Lipinski definition) is 1. The lowest BCUT2D eigenvalue weighted by Crippen LogP contribution is -2.44. The molecule has 4 heteroatoms. The van der Waals surface area contributed by atoms with Gasteiger partial charge in [-0.3, -0.25) is 0 Å². The maximum atomic E-state index is 13.3. The molecule has 3 nitrogen and oxygen atoms in total. The van der Waals surface area contributed by atoms with Crippen LogP contribution in [-0.4, -0.2) is 44.3 Å². The van der Waals surface area contributed by atoms with Crippen LogP contribution in [0.5, 0.6) is 0 Å². The Kier molecular flexibility index (Phi) is 4.48. The number of nitrogens with one attached hydrogen (secondary N) is 1. The van der Waals surface area contributed by atoms with Crippen LogP contribution in [0, 0.1) is 5.82 Å². The summed E-state index contributed by atoms with van der Waals surface area (Å²) in [5, 5.41) is 3.24. The highest BCUT2D eigenvalue weighted by atomic mass is 19.1. The monoisotopic (exact) mass is 238 g/mol. The van der Waals surface area contributed by atoms with Crippen molar-refractivity contribution in [2.75, 3.05) is 33.3 Å². The van der Waals surface area contributed by atoms with Crippen molar-refractivity contribution >= 4 is 0 Å². The van der Waals surface area contributed by atoms with Crippen LogP contribution in [0.3, 0.4) is 0 Å². The van der Waals surface area contributed by atoms with Crippen LogP contribution in [0.1, 0.15) is 5.56 Å². The molecule has 1 fully saturated rings. The summed E-state index contributed by atoms with van der Waals surface area (Å²) < 4.78 is 19.0. The molecule has 1 N–H and O–H groups in total. The fourth-order valence-corrected chi connectivity index (χ4v) is 2.00. The minimum atomic E-state index is -0.151.